The molecule has 0 saturated carbocycles. The summed E-state index contributed by atoms with van der Waals surface area (Å²) in [4.78, 5) is 2.30. The first kappa shape index (κ1) is 22.2. The number of benzene rings is 2. The van der Waals surface area contributed by atoms with Crippen LogP contribution in [-0.4, -0.2) is 24.0 Å². The minimum absolute atomic E-state index is 0. The third-order valence-corrected chi connectivity index (χ3v) is 3.39. The Labute approximate surface area is 152 Å². The van der Waals surface area contributed by atoms with E-state index in [1.165, 1.54) is 16.3 Å². The van der Waals surface area contributed by atoms with Gasteiger partial charge in [-0.2, -0.15) is 0 Å². The van der Waals surface area contributed by atoms with E-state index in [0.29, 0.717) is 0 Å². The molecule has 130 valence electrons. The summed E-state index contributed by atoms with van der Waals surface area (Å²) in [7, 11) is 2.14. The van der Waals surface area contributed by atoms with Crippen molar-refractivity contribution in [2.45, 2.75) is 27.3 Å². The highest BCUT2D eigenvalue weighted by Crippen LogP contribution is 2.19. The lowest BCUT2D eigenvalue weighted by atomic mass is 9.98. The van der Waals surface area contributed by atoms with E-state index in [-0.39, 0.29) is 23.3 Å². The van der Waals surface area contributed by atoms with Crippen LogP contribution in [0.25, 0.3) is 10.8 Å². The Bertz CT molecular complexity index is 714. The van der Waals surface area contributed by atoms with Crippen molar-refractivity contribution in [3.05, 3.63) is 60.2 Å². The molecule has 0 amide bonds. The van der Waals surface area contributed by atoms with Crippen LogP contribution in [0.2, 0.25) is 0 Å². The van der Waals surface area contributed by atoms with Crippen molar-refractivity contribution < 1.29 is 5.48 Å². The van der Waals surface area contributed by atoms with Crippen molar-refractivity contribution in [3.8, 4) is 11.8 Å². The number of nitrogens with zero attached hydrogens (tertiary/aromatic N) is 1. The Kier molecular flexibility index (Phi) is 9.40. The van der Waals surface area contributed by atoms with Gasteiger partial charge in [-0.3, -0.25) is 4.90 Å². The van der Waals surface area contributed by atoms with Crippen LogP contribution in [0.5, 0.6) is 0 Å². The molecule has 3 heteroatoms. The highest BCUT2D eigenvalue weighted by molar-refractivity contribution is 5.85. The lowest BCUT2D eigenvalue weighted by molar-refractivity contribution is 0.365. The van der Waals surface area contributed by atoms with Crippen molar-refractivity contribution in [2.75, 3.05) is 13.6 Å². The van der Waals surface area contributed by atoms with Crippen LogP contribution in [0, 0.1) is 17.3 Å². The summed E-state index contributed by atoms with van der Waals surface area (Å²) in [5.74, 6) is 6.33. The summed E-state index contributed by atoms with van der Waals surface area (Å²) in [5, 5.41) is 2.65. The fourth-order valence-corrected chi connectivity index (χ4v) is 2.34. The van der Waals surface area contributed by atoms with E-state index in [9.17, 15) is 0 Å². The number of halogens is 1. The largest absolute Gasteiger partial charge is 0.412 e. The van der Waals surface area contributed by atoms with Crippen molar-refractivity contribution in [2.24, 2.45) is 5.41 Å². The molecule has 2 nitrogen and oxygen atoms in total. The monoisotopic (exact) mass is 345 g/mol. The number of hydrogen-bond donors (Lipinski definition) is 0. The van der Waals surface area contributed by atoms with Crippen molar-refractivity contribution >= 4 is 23.2 Å². The number of hydrogen-bond acceptors (Lipinski definition) is 1. The standard InChI is InChI=1S/C21H25N.ClH.H2O/c1-21(2,3)15-8-5-9-16-22(4)17-19-13-10-12-18-11-6-7-14-20(18)19;;/h5-7,9-14H,16-17H2,1-4H3;1H;1H2/b9-5+;;. The molecule has 0 aliphatic carbocycles. The third-order valence-electron chi connectivity index (χ3n) is 3.39. The predicted octanol–water partition coefficient (Wildman–Crippen LogP) is 4.47. The molecule has 24 heavy (non-hydrogen) atoms. The van der Waals surface area contributed by atoms with Gasteiger partial charge in [0.2, 0.25) is 0 Å². The van der Waals surface area contributed by atoms with E-state index in [2.05, 4.69) is 93.1 Å². The average molecular weight is 346 g/mol. The summed E-state index contributed by atoms with van der Waals surface area (Å²) in [6.45, 7) is 8.22. The molecule has 0 spiro atoms. The fourth-order valence-electron chi connectivity index (χ4n) is 2.34. The highest BCUT2D eigenvalue weighted by Gasteiger charge is 2.03. The SMILES string of the molecule is CN(C/C=C/C#CC(C)(C)C)Cc1cccc2ccccc12.Cl.O. The van der Waals surface area contributed by atoms with Crippen LogP contribution in [0.15, 0.2) is 54.6 Å². The van der Waals surface area contributed by atoms with Gasteiger partial charge in [-0.15, -0.1) is 12.4 Å². The van der Waals surface area contributed by atoms with Crippen LogP contribution >= 0.6 is 12.4 Å². The van der Waals surface area contributed by atoms with Crippen molar-refractivity contribution in [1.29, 1.82) is 0 Å². The number of fused-ring (bicyclic) bond motifs is 1. The predicted molar refractivity (Wildman–Crippen MR) is 108 cm³/mol. The molecule has 0 aliphatic rings. The van der Waals surface area contributed by atoms with E-state index in [0.717, 1.165) is 13.1 Å². The van der Waals surface area contributed by atoms with E-state index in [4.69, 9.17) is 0 Å². The van der Waals surface area contributed by atoms with Gasteiger partial charge in [-0.05, 0) is 50.2 Å². The molecule has 0 atom stereocenters. The molecule has 0 bridgehead atoms. The molecular weight excluding hydrogens is 318 g/mol. The normalized spacial score (nSPS) is 10.9. The van der Waals surface area contributed by atoms with Crippen LogP contribution in [0.4, 0.5) is 0 Å². The molecule has 0 unspecified atom stereocenters. The van der Waals surface area contributed by atoms with E-state index in [1.807, 2.05) is 6.08 Å². The van der Waals surface area contributed by atoms with Gasteiger partial charge in [0.1, 0.15) is 0 Å². The first-order valence-electron chi connectivity index (χ1n) is 7.78. The van der Waals surface area contributed by atoms with Gasteiger partial charge in [0.25, 0.3) is 0 Å². The van der Waals surface area contributed by atoms with Gasteiger partial charge in [-0.1, -0.05) is 60.4 Å². The quantitative estimate of drug-likeness (QED) is 0.752. The van der Waals surface area contributed by atoms with Crippen LogP contribution in [0.1, 0.15) is 26.3 Å². The first-order valence-corrected chi connectivity index (χ1v) is 7.78. The average Bonchev–Trinajstić information content (AvgIpc) is 2.46. The van der Waals surface area contributed by atoms with Crippen molar-refractivity contribution in [3.63, 3.8) is 0 Å². The molecule has 0 aromatic heterocycles. The molecule has 0 heterocycles. The van der Waals surface area contributed by atoms with E-state index < -0.39 is 0 Å². The number of rotatable bonds is 4. The Balaban J connectivity index is 0.00000264. The number of likely N-dealkylation sites (N-methyl/N-ethyl adjacent to an activating group) is 1. The first-order chi connectivity index (χ1) is 10.5. The fraction of sp³-hybridized carbons (Fsp3) is 0.333. The zero-order valence-corrected chi connectivity index (χ0v) is 15.8. The molecule has 0 aliphatic heterocycles. The van der Waals surface area contributed by atoms with Gasteiger partial charge >= 0.3 is 0 Å². The Hall–Kier alpha value is -1.79. The maximum Gasteiger partial charge on any atom is 0.0240 e. The zero-order valence-electron chi connectivity index (χ0n) is 15.0. The molecule has 2 N–H and O–H groups in total. The van der Waals surface area contributed by atoms with E-state index in [1.54, 1.807) is 0 Å². The van der Waals surface area contributed by atoms with Crippen LogP contribution < -0.4 is 0 Å². The summed E-state index contributed by atoms with van der Waals surface area (Å²) in [5.41, 5.74) is 1.44. The van der Waals surface area contributed by atoms with Gasteiger partial charge in [0, 0.05) is 18.5 Å². The van der Waals surface area contributed by atoms with Crippen LogP contribution in [-0.2, 0) is 6.54 Å². The second-order valence-corrected chi connectivity index (χ2v) is 6.76. The third kappa shape index (κ3) is 7.19. The maximum atomic E-state index is 3.21. The van der Waals surface area contributed by atoms with E-state index >= 15 is 0 Å². The second kappa shape index (κ2) is 10.2. The lowest BCUT2D eigenvalue weighted by Gasteiger charge is -2.15. The van der Waals surface area contributed by atoms with Crippen molar-refractivity contribution in [1.82, 2.24) is 4.90 Å². The van der Waals surface area contributed by atoms with Gasteiger partial charge in [0.05, 0.1) is 0 Å². The molecule has 0 fully saturated rings. The summed E-state index contributed by atoms with van der Waals surface area (Å²) >= 11 is 0. The van der Waals surface area contributed by atoms with Gasteiger partial charge < -0.3 is 5.48 Å². The Morgan fingerprint density at radius 1 is 1.04 bits per heavy atom. The topological polar surface area (TPSA) is 34.7 Å². The molecule has 2 aromatic carbocycles. The maximum absolute atomic E-state index is 3.21. The smallest absolute Gasteiger partial charge is 0.0240 e. The Morgan fingerprint density at radius 2 is 1.71 bits per heavy atom. The zero-order chi connectivity index (χ0) is 16.0. The molecule has 2 aromatic rings. The summed E-state index contributed by atoms with van der Waals surface area (Å²) < 4.78 is 0. The highest BCUT2D eigenvalue weighted by atomic mass is 35.5. The molecular formula is C21H28ClNO. The minimum Gasteiger partial charge on any atom is -0.412 e. The van der Waals surface area contributed by atoms with Crippen LogP contribution in [0.3, 0.4) is 0 Å². The second-order valence-electron chi connectivity index (χ2n) is 6.76. The minimum atomic E-state index is 0. The molecule has 0 radical (unpaired) electrons. The van der Waals surface area contributed by atoms with Gasteiger partial charge in [-0.25, -0.2) is 0 Å². The number of allylic oxidation sites excluding steroid dienone is 1. The summed E-state index contributed by atoms with van der Waals surface area (Å²) in [6, 6.07) is 15.1. The molecule has 0 saturated heterocycles. The summed E-state index contributed by atoms with van der Waals surface area (Å²) in [6.07, 6.45) is 4.09. The van der Waals surface area contributed by atoms with Gasteiger partial charge in [0.15, 0.2) is 0 Å². The molecule has 2 rings (SSSR count). The Morgan fingerprint density at radius 3 is 2.42 bits per heavy atom. The lowest BCUT2D eigenvalue weighted by Crippen LogP contribution is -2.17.